The number of rotatable bonds is 7. The molecule has 0 aliphatic carbocycles. The fourth-order valence-corrected chi connectivity index (χ4v) is 2.96. The summed E-state index contributed by atoms with van der Waals surface area (Å²) >= 11 is 1.34. The molecule has 0 aromatic carbocycles. The third-order valence-corrected chi connectivity index (χ3v) is 3.80. The molecule has 0 radical (unpaired) electrons. The average Bonchev–Trinajstić information content (AvgIpc) is 2.67. The van der Waals surface area contributed by atoms with Crippen molar-refractivity contribution in [1.82, 2.24) is 4.90 Å². The maximum atomic E-state index is 11.7. The number of nitrogens with two attached hydrogens (primary N) is 1. The van der Waals surface area contributed by atoms with Crippen molar-refractivity contribution in [2.75, 3.05) is 44.8 Å². The number of thiophene rings is 1. The number of nitrogens with zero attached hydrogens (tertiary/aromatic N) is 1. The molecule has 1 rings (SSSR count). The number of hydrogen-bond acceptors (Lipinski definition) is 6. The summed E-state index contributed by atoms with van der Waals surface area (Å²) in [6.07, 6.45) is 0. The monoisotopic (exact) mass is 299 g/mol. The summed E-state index contributed by atoms with van der Waals surface area (Å²) in [6.45, 7) is 8.32. The van der Waals surface area contributed by atoms with Crippen molar-refractivity contribution in [3.63, 3.8) is 0 Å². The van der Waals surface area contributed by atoms with Gasteiger partial charge in [-0.25, -0.2) is 4.79 Å². The van der Waals surface area contributed by atoms with Crippen LogP contribution in [-0.4, -0.2) is 44.7 Å². The van der Waals surface area contributed by atoms with Crippen LogP contribution in [0.5, 0.6) is 0 Å². The van der Waals surface area contributed by atoms with E-state index in [1.165, 1.54) is 11.3 Å². The van der Waals surface area contributed by atoms with E-state index in [-0.39, 0.29) is 11.4 Å². The molecule has 0 spiro atoms. The summed E-state index contributed by atoms with van der Waals surface area (Å²) in [6, 6.07) is 1.79. The van der Waals surface area contributed by atoms with Crippen molar-refractivity contribution in [3.05, 3.63) is 10.9 Å². The summed E-state index contributed by atoms with van der Waals surface area (Å²) < 4.78 is 4.98. The minimum Gasteiger partial charge on any atom is -0.462 e. The largest absolute Gasteiger partial charge is 0.462 e. The van der Waals surface area contributed by atoms with E-state index in [9.17, 15) is 4.79 Å². The van der Waals surface area contributed by atoms with E-state index in [4.69, 9.17) is 10.5 Å². The lowest BCUT2D eigenvalue weighted by Gasteiger charge is -2.28. The van der Waals surface area contributed by atoms with Crippen LogP contribution < -0.4 is 11.1 Å². The second kappa shape index (κ2) is 6.95. The van der Waals surface area contributed by atoms with E-state index in [0.717, 1.165) is 18.1 Å². The highest BCUT2D eigenvalue weighted by molar-refractivity contribution is 7.18. The molecule has 1 heterocycles. The summed E-state index contributed by atoms with van der Waals surface area (Å²) in [4.78, 5) is 14.3. The van der Waals surface area contributed by atoms with Gasteiger partial charge in [-0.15, -0.1) is 11.3 Å². The topological polar surface area (TPSA) is 67.6 Å². The van der Waals surface area contributed by atoms with Crippen LogP contribution in [0.2, 0.25) is 0 Å². The molecule has 0 fully saturated rings. The Hall–Kier alpha value is -1.27. The van der Waals surface area contributed by atoms with Crippen molar-refractivity contribution in [1.29, 1.82) is 0 Å². The molecule has 114 valence electrons. The minimum absolute atomic E-state index is 0.131. The maximum Gasteiger partial charge on any atom is 0.350 e. The highest BCUT2D eigenvalue weighted by Crippen LogP contribution is 2.30. The molecule has 1 aromatic rings. The van der Waals surface area contributed by atoms with Crippen LogP contribution >= 0.6 is 11.3 Å². The predicted octanol–water partition coefficient (Wildman–Crippen LogP) is 2.51. The molecule has 0 atom stereocenters. The van der Waals surface area contributed by atoms with Gasteiger partial charge in [0.25, 0.3) is 0 Å². The van der Waals surface area contributed by atoms with Crippen LogP contribution in [0.3, 0.4) is 0 Å². The SMILES string of the molecule is CCOC(=O)c1sc(NCC(C)(C)CN(C)C)cc1N. The third kappa shape index (κ3) is 5.02. The highest BCUT2D eigenvalue weighted by Gasteiger charge is 2.20. The third-order valence-electron chi connectivity index (χ3n) is 2.71. The van der Waals surface area contributed by atoms with Gasteiger partial charge >= 0.3 is 5.97 Å². The molecule has 6 heteroatoms. The first kappa shape index (κ1) is 16.8. The average molecular weight is 299 g/mol. The first-order valence-electron chi connectivity index (χ1n) is 6.70. The number of nitrogen functional groups attached to an aromatic ring is 1. The van der Waals surface area contributed by atoms with Crippen LogP contribution in [0.25, 0.3) is 0 Å². The van der Waals surface area contributed by atoms with Gasteiger partial charge in [0.15, 0.2) is 0 Å². The zero-order valence-electron chi connectivity index (χ0n) is 12.9. The van der Waals surface area contributed by atoms with Gasteiger partial charge in [-0.05, 0) is 32.5 Å². The van der Waals surface area contributed by atoms with Gasteiger partial charge in [0.05, 0.1) is 17.3 Å². The molecular formula is C14H25N3O2S. The zero-order chi connectivity index (χ0) is 15.3. The highest BCUT2D eigenvalue weighted by atomic mass is 32.1. The molecule has 0 amide bonds. The molecule has 0 unspecified atom stereocenters. The smallest absolute Gasteiger partial charge is 0.350 e. The van der Waals surface area contributed by atoms with Crippen LogP contribution in [-0.2, 0) is 4.74 Å². The van der Waals surface area contributed by atoms with Crippen molar-refractivity contribution in [3.8, 4) is 0 Å². The summed E-state index contributed by atoms with van der Waals surface area (Å²) in [5.41, 5.74) is 6.46. The van der Waals surface area contributed by atoms with Gasteiger partial charge in [-0.3, -0.25) is 0 Å². The molecule has 0 aliphatic heterocycles. The van der Waals surface area contributed by atoms with Crippen molar-refractivity contribution < 1.29 is 9.53 Å². The number of hydrogen-bond donors (Lipinski definition) is 2. The van der Waals surface area contributed by atoms with E-state index in [1.54, 1.807) is 13.0 Å². The second-order valence-electron chi connectivity index (χ2n) is 5.87. The molecule has 0 bridgehead atoms. The van der Waals surface area contributed by atoms with Gasteiger partial charge in [0.2, 0.25) is 0 Å². The van der Waals surface area contributed by atoms with Crippen LogP contribution in [0, 0.1) is 5.41 Å². The lowest BCUT2D eigenvalue weighted by atomic mass is 9.93. The molecular weight excluding hydrogens is 274 g/mol. The standard InChI is InChI=1S/C14H25N3O2S/c1-6-19-13(18)12-10(15)7-11(20-12)16-8-14(2,3)9-17(4)5/h7,16H,6,8-9,15H2,1-5H3. The Kier molecular flexibility index (Phi) is 5.83. The van der Waals surface area contributed by atoms with Crippen LogP contribution in [0.4, 0.5) is 10.7 Å². The number of carbonyl (C=O) groups is 1. The Morgan fingerprint density at radius 3 is 2.70 bits per heavy atom. The number of carbonyl (C=O) groups excluding carboxylic acids is 1. The Labute approximate surface area is 125 Å². The van der Waals surface area contributed by atoms with Gasteiger partial charge in [0.1, 0.15) is 4.88 Å². The Morgan fingerprint density at radius 2 is 2.15 bits per heavy atom. The lowest BCUT2D eigenvalue weighted by Crippen LogP contribution is -2.34. The van der Waals surface area contributed by atoms with Crippen molar-refractivity contribution in [2.24, 2.45) is 5.41 Å². The van der Waals surface area contributed by atoms with Gasteiger partial charge in [0, 0.05) is 13.1 Å². The molecule has 0 aliphatic rings. The Bertz CT molecular complexity index is 455. The predicted molar refractivity (Wildman–Crippen MR) is 85.5 cm³/mol. The molecule has 0 saturated carbocycles. The number of ether oxygens (including phenoxy) is 1. The van der Waals surface area contributed by atoms with Gasteiger partial charge in [-0.1, -0.05) is 13.8 Å². The maximum absolute atomic E-state index is 11.7. The fourth-order valence-electron chi connectivity index (χ4n) is 2.09. The first-order chi connectivity index (χ1) is 9.25. The Balaban J connectivity index is 2.66. The zero-order valence-corrected chi connectivity index (χ0v) is 13.8. The molecule has 0 saturated heterocycles. The van der Waals surface area contributed by atoms with Crippen molar-refractivity contribution >= 4 is 28.0 Å². The summed E-state index contributed by atoms with van der Waals surface area (Å²) in [7, 11) is 4.12. The van der Waals surface area contributed by atoms with E-state index < -0.39 is 0 Å². The van der Waals surface area contributed by atoms with Gasteiger partial charge in [-0.2, -0.15) is 0 Å². The molecule has 5 nitrogen and oxygen atoms in total. The molecule has 20 heavy (non-hydrogen) atoms. The quantitative estimate of drug-likeness (QED) is 0.757. The Morgan fingerprint density at radius 1 is 1.50 bits per heavy atom. The van der Waals surface area contributed by atoms with E-state index in [1.807, 2.05) is 0 Å². The van der Waals surface area contributed by atoms with Crippen molar-refractivity contribution in [2.45, 2.75) is 20.8 Å². The van der Waals surface area contributed by atoms with Crippen LogP contribution in [0.15, 0.2) is 6.07 Å². The number of nitrogens with one attached hydrogen (secondary N) is 1. The fraction of sp³-hybridized carbons (Fsp3) is 0.643. The number of esters is 1. The minimum atomic E-state index is -0.351. The van der Waals surface area contributed by atoms with E-state index in [0.29, 0.717) is 17.2 Å². The lowest BCUT2D eigenvalue weighted by molar-refractivity contribution is 0.0533. The first-order valence-corrected chi connectivity index (χ1v) is 7.52. The van der Waals surface area contributed by atoms with Gasteiger partial charge < -0.3 is 20.7 Å². The summed E-state index contributed by atoms with van der Waals surface area (Å²) in [5.74, 6) is -0.351. The summed E-state index contributed by atoms with van der Waals surface area (Å²) in [5, 5.41) is 4.25. The molecule has 3 N–H and O–H groups in total. The molecule has 1 aromatic heterocycles. The van der Waals surface area contributed by atoms with E-state index >= 15 is 0 Å². The van der Waals surface area contributed by atoms with E-state index in [2.05, 4.69) is 38.2 Å². The second-order valence-corrected chi connectivity index (χ2v) is 6.92. The van der Waals surface area contributed by atoms with Crippen LogP contribution in [0.1, 0.15) is 30.4 Å². The normalized spacial score (nSPS) is 11.7. The number of anilines is 2.